The van der Waals surface area contributed by atoms with E-state index >= 15 is 0 Å². The maximum Gasteiger partial charge on any atom is 0.418 e. The zero-order chi connectivity index (χ0) is 13.6. The summed E-state index contributed by atoms with van der Waals surface area (Å²) in [5.74, 6) is 0. The van der Waals surface area contributed by atoms with Crippen LogP contribution in [-0.2, 0) is 6.18 Å². The number of aryl methyl sites for hydroxylation is 1. The maximum absolute atomic E-state index is 12.6. The molecule has 1 nitrogen and oxygen atoms in total. The van der Waals surface area contributed by atoms with Crippen molar-refractivity contribution >= 4 is 15.9 Å². The molecule has 1 heterocycles. The second kappa shape index (κ2) is 3.05. The first-order valence-corrected chi connectivity index (χ1v) is 3.50. The summed E-state index contributed by atoms with van der Waals surface area (Å²) < 4.78 is 72.8. The highest BCUT2D eigenvalue weighted by Gasteiger charge is 2.32. The van der Waals surface area contributed by atoms with E-state index in [1.807, 2.05) is 0 Å². The van der Waals surface area contributed by atoms with Crippen LogP contribution in [-0.4, -0.2) is 4.98 Å². The van der Waals surface area contributed by atoms with Gasteiger partial charge in [0.2, 0.25) is 0 Å². The van der Waals surface area contributed by atoms with Crippen molar-refractivity contribution in [1.82, 2.24) is 4.98 Å². The molecule has 1 aromatic heterocycles. The predicted octanol–water partition coefficient (Wildman–Crippen LogP) is 3.17. The summed E-state index contributed by atoms with van der Waals surface area (Å²) in [4.78, 5) is 3.20. The number of alkyl halides is 3. The molecule has 0 saturated heterocycles. The van der Waals surface area contributed by atoms with Crippen LogP contribution in [0.4, 0.5) is 13.2 Å². The van der Waals surface area contributed by atoms with Gasteiger partial charge in [-0.1, -0.05) is 0 Å². The van der Waals surface area contributed by atoms with Crippen LogP contribution in [0.15, 0.2) is 16.7 Å². The molecule has 0 aliphatic carbocycles. The van der Waals surface area contributed by atoms with Gasteiger partial charge in [-0.25, -0.2) is 4.98 Å². The Morgan fingerprint density at radius 2 is 2.25 bits per heavy atom. The van der Waals surface area contributed by atoms with Gasteiger partial charge in [0.15, 0.2) is 0 Å². The molecular weight excluding hydrogens is 235 g/mol. The molecule has 1 aromatic rings. The Balaban J connectivity index is 3.71. The third-order valence-corrected chi connectivity index (χ3v) is 1.40. The normalized spacial score (nSPS) is 18.8. The molecule has 66 valence electrons. The number of halogens is 4. The number of hydrogen-bond donors (Lipinski definition) is 0. The highest BCUT2D eigenvalue weighted by Crippen LogP contribution is 2.31. The van der Waals surface area contributed by atoms with Gasteiger partial charge in [0, 0.05) is 4.11 Å². The average molecular weight is 245 g/mol. The lowest BCUT2D eigenvalue weighted by Gasteiger charge is -2.08. The van der Waals surface area contributed by atoms with Gasteiger partial charge in [0.25, 0.3) is 0 Å². The van der Waals surface area contributed by atoms with E-state index < -0.39 is 41.0 Å². The van der Waals surface area contributed by atoms with E-state index in [2.05, 4.69) is 20.9 Å². The van der Waals surface area contributed by atoms with Crippen molar-refractivity contribution in [2.75, 3.05) is 0 Å². The van der Waals surface area contributed by atoms with E-state index in [9.17, 15) is 13.2 Å². The maximum atomic E-state index is 12.6. The van der Waals surface area contributed by atoms with Gasteiger partial charge in [-0.2, -0.15) is 13.2 Å². The van der Waals surface area contributed by atoms with Gasteiger partial charge in [0.1, 0.15) is 4.60 Å². The van der Waals surface area contributed by atoms with Crippen molar-refractivity contribution in [2.45, 2.75) is 13.0 Å². The first kappa shape index (κ1) is 4.60. The van der Waals surface area contributed by atoms with Gasteiger partial charge < -0.3 is 0 Å². The summed E-state index contributed by atoms with van der Waals surface area (Å²) in [5, 5.41) is 0. The molecule has 0 unspecified atom stereocenters. The standard InChI is InChI=1S/C7H5BrF3N/c1-4-5(7(9,10)11)2-3-6(8)12-4/h2-3H,1H3/i1D3,2D,3D. The fraction of sp³-hybridized carbons (Fsp3) is 0.286. The van der Waals surface area contributed by atoms with Crippen LogP contribution in [0, 0.1) is 6.85 Å². The first-order chi connectivity index (χ1) is 7.46. The summed E-state index contributed by atoms with van der Waals surface area (Å²) in [5.41, 5.74) is -2.91. The molecule has 0 spiro atoms. The summed E-state index contributed by atoms with van der Waals surface area (Å²) in [6, 6.07) is -2.00. The van der Waals surface area contributed by atoms with Gasteiger partial charge in [-0.3, -0.25) is 0 Å². The Labute approximate surface area is 82.8 Å². The smallest absolute Gasteiger partial charge is 0.246 e. The van der Waals surface area contributed by atoms with Crippen LogP contribution >= 0.6 is 15.9 Å². The molecule has 0 bridgehead atoms. The Bertz CT molecular complexity index is 456. The largest absolute Gasteiger partial charge is 0.418 e. The molecule has 0 aliphatic rings. The number of rotatable bonds is 0. The topological polar surface area (TPSA) is 12.9 Å². The van der Waals surface area contributed by atoms with E-state index in [-0.39, 0.29) is 0 Å². The minimum Gasteiger partial charge on any atom is -0.246 e. The van der Waals surface area contributed by atoms with Crippen LogP contribution in [0.3, 0.4) is 0 Å². The molecule has 1 rings (SSSR count). The SMILES string of the molecule is [2H]c1c(Br)nc(C([2H])([2H])[2H])c(C(F)(F)F)c1[2H]. The Morgan fingerprint density at radius 3 is 2.75 bits per heavy atom. The van der Waals surface area contributed by atoms with Crippen molar-refractivity contribution in [1.29, 1.82) is 0 Å². The summed E-state index contributed by atoms with van der Waals surface area (Å²) in [7, 11) is 0. The fourth-order valence-corrected chi connectivity index (χ4v) is 0.837. The molecule has 0 amide bonds. The van der Waals surface area contributed by atoms with E-state index in [1.54, 1.807) is 0 Å². The van der Waals surface area contributed by atoms with Crippen molar-refractivity contribution in [3.8, 4) is 0 Å². The minimum atomic E-state index is -5.04. The Morgan fingerprint density at radius 1 is 1.58 bits per heavy atom. The molecule has 0 atom stereocenters. The number of pyridine rings is 1. The minimum absolute atomic E-state index is 0.401. The highest BCUT2D eigenvalue weighted by molar-refractivity contribution is 9.10. The molecule has 0 N–H and O–H groups in total. The van der Waals surface area contributed by atoms with Crippen molar-refractivity contribution in [3.05, 3.63) is 27.9 Å². The number of nitrogens with zero attached hydrogens (tertiary/aromatic N) is 1. The molecule has 0 fully saturated rings. The number of aromatic nitrogens is 1. The molecule has 12 heavy (non-hydrogen) atoms. The molecule has 0 aromatic carbocycles. The summed E-state index contributed by atoms with van der Waals surface area (Å²) in [6.07, 6.45) is -5.04. The third-order valence-electron chi connectivity index (χ3n) is 1.02. The Kier molecular flexibility index (Phi) is 1.17. The van der Waals surface area contributed by atoms with Crippen LogP contribution in [0.1, 0.15) is 18.1 Å². The molecule has 5 heteroatoms. The van der Waals surface area contributed by atoms with Gasteiger partial charge in [-0.15, -0.1) is 0 Å². The number of hydrogen-bond acceptors (Lipinski definition) is 1. The van der Waals surface area contributed by atoms with Crippen LogP contribution in [0.25, 0.3) is 0 Å². The lowest BCUT2D eigenvalue weighted by molar-refractivity contribution is -0.138. The van der Waals surface area contributed by atoms with Crippen LogP contribution < -0.4 is 0 Å². The molecule has 0 aliphatic heterocycles. The lowest BCUT2D eigenvalue weighted by atomic mass is 10.2. The van der Waals surface area contributed by atoms with Gasteiger partial charge in [0.05, 0.1) is 14.0 Å². The highest BCUT2D eigenvalue weighted by atomic mass is 79.9. The molecular formula is C7H5BrF3N. The van der Waals surface area contributed by atoms with Crippen molar-refractivity contribution < 1.29 is 20.0 Å². The zero-order valence-corrected chi connectivity index (χ0v) is 7.05. The van der Waals surface area contributed by atoms with Gasteiger partial charge in [-0.05, 0) is 34.9 Å². The Hall–Kier alpha value is -0.580. The zero-order valence-electron chi connectivity index (χ0n) is 10.5. The van der Waals surface area contributed by atoms with E-state index in [0.29, 0.717) is 0 Å². The monoisotopic (exact) mass is 244 g/mol. The van der Waals surface area contributed by atoms with E-state index in [0.717, 1.165) is 0 Å². The average Bonchev–Trinajstić information content (AvgIpc) is 2.09. The summed E-state index contributed by atoms with van der Waals surface area (Å²) in [6.45, 7) is -3.10. The van der Waals surface area contributed by atoms with E-state index in [4.69, 9.17) is 6.85 Å². The quantitative estimate of drug-likeness (QED) is 0.639. The van der Waals surface area contributed by atoms with Crippen molar-refractivity contribution in [2.24, 2.45) is 0 Å². The third kappa shape index (κ3) is 1.97. The lowest BCUT2D eigenvalue weighted by Crippen LogP contribution is -2.08. The summed E-state index contributed by atoms with van der Waals surface area (Å²) >= 11 is 2.65. The second-order valence-corrected chi connectivity index (χ2v) is 2.63. The second-order valence-electron chi connectivity index (χ2n) is 1.87. The molecule has 0 saturated carbocycles. The van der Waals surface area contributed by atoms with Crippen molar-refractivity contribution in [3.63, 3.8) is 0 Å². The first-order valence-electron chi connectivity index (χ1n) is 5.20. The molecule has 0 radical (unpaired) electrons. The fourth-order valence-electron chi connectivity index (χ4n) is 0.560. The van der Waals surface area contributed by atoms with Gasteiger partial charge >= 0.3 is 6.18 Å². The van der Waals surface area contributed by atoms with Crippen LogP contribution in [0.5, 0.6) is 0 Å². The van der Waals surface area contributed by atoms with Crippen LogP contribution in [0.2, 0.25) is 0 Å². The predicted molar refractivity (Wildman–Crippen MR) is 41.7 cm³/mol. The van der Waals surface area contributed by atoms with E-state index in [1.165, 1.54) is 0 Å².